The van der Waals surface area contributed by atoms with Crippen LogP contribution in [0.15, 0.2) is 36.4 Å². The van der Waals surface area contributed by atoms with Crippen molar-refractivity contribution in [2.75, 3.05) is 23.3 Å². The van der Waals surface area contributed by atoms with Crippen LogP contribution >= 0.6 is 24.0 Å². The lowest BCUT2D eigenvalue weighted by Gasteiger charge is -2.36. The number of anilines is 2. The minimum atomic E-state index is -0.202. The number of aryl methyl sites for hydroxylation is 1. The summed E-state index contributed by atoms with van der Waals surface area (Å²) < 4.78 is 0. The van der Waals surface area contributed by atoms with Crippen molar-refractivity contribution in [2.24, 2.45) is 11.8 Å². The molecule has 2 bridgehead atoms. The van der Waals surface area contributed by atoms with Crippen LogP contribution in [0.2, 0.25) is 5.02 Å². The highest BCUT2D eigenvalue weighted by molar-refractivity contribution is 6.31. The van der Waals surface area contributed by atoms with Crippen molar-refractivity contribution in [3.63, 3.8) is 0 Å². The second-order valence-electron chi connectivity index (χ2n) is 8.64. The van der Waals surface area contributed by atoms with E-state index in [1.54, 1.807) is 0 Å². The molecule has 1 saturated carbocycles. The number of fused-ring (bicyclic) bond motifs is 3. The fourth-order valence-corrected chi connectivity index (χ4v) is 5.06. The van der Waals surface area contributed by atoms with E-state index in [1.165, 1.54) is 0 Å². The molecule has 8 heteroatoms. The maximum absolute atomic E-state index is 10.4. The maximum Gasteiger partial charge on any atom is 0.188 e. The molecule has 2 aliphatic rings. The van der Waals surface area contributed by atoms with Gasteiger partial charge in [-0.05, 0) is 43.0 Å². The van der Waals surface area contributed by atoms with E-state index < -0.39 is 0 Å². The van der Waals surface area contributed by atoms with Gasteiger partial charge in [0.05, 0.1) is 12.7 Å². The molecule has 2 heterocycles. The van der Waals surface area contributed by atoms with E-state index in [4.69, 9.17) is 18.2 Å². The van der Waals surface area contributed by atoms with Gasteiger partial charge in [0.1, 0.15) is 0 Å². The third-order valence-corrected chi connectivity index (χ3v) is 7.06. The number of aliphatic hydroxyl groups is 1. The van der Waals surface area contributed by atoms with E-state index in [2.05, 4.69) is 25.3 Å². The molecule has 1 aliphatic heterocycles. The van der Waals surface area contributed by atoms with Crippen LogP contribution in [0.3, 0.4) is 0 Å². The number of hydrogen-bond acceptors (Lipinski definition) is 5. The topological polar surface area (TPSA) is 65.6 Å². The molecule has 1 aliphatic carbocycles. The van der Waals surface area contributed by atoms with Crippen molar-refractivity contribution in [3.8, 4) is 0 Å². The number of nitrogens with one attached hydrogen (secondary N) is 1. The fourth-order valence-electron chi connectivity index (χ4n) is 4.86. The number of hydrogen-bond donors (Lipinski definition) is 2. The number of nitrogens with zero attached hydrogens (tertiary/aromatic N) is 4. The van der Waals surface area contributed by atoms with Crippen molar-refractivity contribution in [2.45, 2.75) is 32.4 Å². The third kappa shape index (κ3) is 4.09. The Morgan fingerprint density at radius 3 is 2.56 bits per heavy atom. The molecule has 6 nitrogen and oxygen atoms in total. The van der Waals surface area contributed by atoms with Crippen LogP contribution in [0.1, 0.15) is 24.0 Å². The van der Waals surface area contributed by atoms with E-state index in [0.717, 1.165) is 58.7 Å². The van der Waals surface area contributed by atoms with Gasteiger partial charge < -0.3 is 15.3 Å². The van der Waals surface area contributed by atoms with E-state index >= 15 is 0 Å². The zero-order chi connectivity index (χ0) is 21.5. The number of piperidine rings is 1. The quantitative estimate of drug-likeness (QED) is 0.501. The first-order chi connectivity index (χ1) is 15.0. The molecule has 2 atom stereocenters. The number of aromatic nitrogens is 2. The Labute approximate surface area is 198 Å². The van der Waals surface area contributed by atoms with Gasteiger partial charge in [0.25, 0.3) is 0 Å². The van der Waals surface area contributed by atoms with Crippen LogP contribution < -0.4 is 10.2 Å². The Bertz CT molecular complexity index is 1180. The first-order valence-corrected chi connectivity index (χ1v) is 11.0. The largest absolute Gasteiger partial charge is 0.392 e. The summed E-state index contributed by atoms with van der Waals surface area (Å²) in [5.41, 5.74) is 2.67. The number of benzene rings is 2. The molecule has 2 N–H and O–H groups in total. The standard InChI is InChI=1S/C24H24ClN5O.ClH/c1-14-3-4-15(9-21(14)25)11-27-23-20-10-18(26-2)7-8-19(20)24(29-28-23)30-12-16-5-6-17(13-30)22(16)31;/h3-4,7-10,16-17,22,31H,5-6,11-13H2,1H3,(H,27,28);1H. The van der Waals surface area contributed by atoms with Gasteiger partial charge in [-0.3, -0.25) is 0 Å². The molecule has 5 rings (SSSR count). The van der Waals surface area contributed by atoms with E-state index in [1.807, 2.05) is 43.3 Å². The van der Waals surface area contributed by atoms with Gasteiger partial charge in [-0.25, -0.2) is 4.85 Å². The van der Waals surface area contributed by atoms with Gasteiger partial charge in [-0.1, -0.05) is 35.9 Å². The van der Waals surface area contributed by atoms with E-state index in [-0.39, 0.29) is 18.5 Å². The minimum absolute atomic E-state index is 0. The van der Waals surface area contributed by atoms with Crippen molar-refractivity contribution in [1.29, 1.82) is 0 Å². The molecule has 2 fully saturated rings. The highest BCUT2D eigenvalue weighted by atomic mass is 35.5. The molecule has 3 aromatic rings. The molecule has 0 spiro atoms. The zero-order valence-electron chi connectivity index (χ0n) is 17.8. The average molecular weight is 470 g/mol. The lowest BCUT2D eigenvalue weighted by atomic mass is 9.95. The maximum atomic E-state index is 10.4. The minimum Gasteiger partial charge on any atom is -0.392 e. The monoisotopic (exact) mass is 469 g/mol. The van der Waals surface area contributed by atoms with Gasteiger partial charge in [-0.2, -0.15) is 0 Å². The van der Waals surface area contributed by atoms with Crippen LogP contribution in [0.4, 0.5) is 17.3 Å². The summed E-state index contributed by atoms with van der Waals surface area (Å²) in [4.78, 5) is 5.85. The first kappa shape index (κ1) is 22.6. The van der Waals surface area contributed by atoms with E-state index in [0.29, 0.717) is 29.9 Å². The lowest BCUT2D eigenvalue weighted by Crippen LogP contribution is -2.45. The van der Waals surface area contributed by atoms with Crippen LogP contribution in [0, 0.1) is 25.3 Å². The Hall–Kier alpha value is -2.59. The summed E-state index contributed by atoms with van der Waals surface area (Å²) in [5, 5.41) is 25.5. The van der Waals surface area contributed by atoms with Crippen molar-refractivity contribution in [1.82, 2.24) is 10.2 Å². The summed E-state index contributed by atoms with van der Waals surface area (Å²) in [7, 11) is 0. The number of rotatable bonds is 4. The van der Waals surface area contributed by atoms with Gasteiger partial charge >= 0.3 is 0 Å². The smallest absolute Gasteiger partial charge is 0.188 e. The van der Waals surface area contributed by atoms with Crippen LogP contribution in [0.25, 0.3) is 15.6 Å². The number of aliphatic hydroxyl groups excluding tert-OH is 1. The summed E-state index contributed by atoms with van der Waals surface area (Å²) >= 11 is 6.26. The van der Waals surface area contributed by atoms with Crippen LogP contribution in [-0.4, -0.2) is 34.5 Å². The predicted molar refractivity (Wildman–Crippen MR) is 131 cm³/mol. The van der Waals surface area contributed by atoms with Gasteiger partial charge in [0, 0.05) is 47.3 Å². The predicted octanol–water partition coefficient (Wildman–Crippen LogP) is 5.38. The van der Waals surface area contributed by atoms with Gasteiger partial charge in [-0.15, -0.1) is 22.6 Å². The highest BCUT2D eigenvalue weighted by Crippen LogP contribution is 2.40. The molecule has 2 unspecified atom stereocenters. The normalized spacial score (nSPS) is 21.8. The highest BCUT2D eigenvalue weighted by Gasteiger charge is 2.41. The SMILES string of the molecule is Cl.[C-]#[N+]c1ccc2c(N3CC4CCC(C3)C4O)nnc(NCc3ccc(C)c(Cl)c3)c2c1. The first-order valence-electron chi connectivity index (χ1n) is 10.6. The summed E-state index contributed by atoms with van der Waals surface area (Å²) in [6.45, 7) is 11.5. The Morgan fingerprint density at radius 1 is 1.12 bits per heavy atom. The Kier molecular flexibility index (Phi) is 6.43. The van der Waals surface area contributed by atoms with Crippen molar-refractivity contribution >= 4 is 52.1 Å². The Morgan fingerprint density at radius 2 is 1.88 bits per heavy atom. The van der Waals surface area contributed by atoms with Crippen LogP contribution in [0.5, 0.6) is 0 Å². The summed E-state index contributed by atoms with van der Waals surface area (Å²) in [5.74, 6) is 2.07. The van der Waals surface area contributed by atoms with Crippen LogP contribution in [-0.2, 0) is 6.54 Å². The third-order valence-electron chi connectivity index (χ3n) is 6.65. The fraction of sp³-hybridized carbons (Fsp3) is 0.375. The van der Waals surface area contributed by atoms with Gasteiger partial charge in [0.15, 0.2) is 17.3 Å². The number of halogens is 2. The van der Waals surface area contributed by atoms with Crippen molar-refractivity contribution < 1.29 is 5.11 Å². The molecular weight excluding hydrogens is 445 g/mol. The van der Waals surface area contributed by atoms with E-state index in [9.17, 15) is 5.11 Å². The molecule has 2 aromatic carbocycles. The van der Waals surface area contributed by atoms with Gasteiger partial charge in [0.2, 0.25) is 0 Å². The molecule has 1 saturated heterocycles. The Balaban J connectivity index is 0.00000245. The molecule has 32 heavy (non-hydrogen) atoms. The molecule has 166 valence electrons. The molecule has 0 amide bonds. The summed E-state index contributed by atoms with van der Waals surface area (Å²) in [6, 6.07) is 11.7. The zero-order valence-corrected chi connectivity index (χ0v) is 19.3. The molecule has 1 aromatic heterocycles. The lowest BCUT2D eigenvalue weighted by molar-refractivity contribution is 0.0791. The average Bonchev–Trinajstić information content (AvgIpc) is 2.99. The molecular formula is C24H25Cl2N5O. The second kappa shape index (κ2) is 9.11. The second-order valence-corrected chi connectivity index (χ2v) is 9.05. The molecule has 0 radical (unpaired) electrons. The summed E-state index contributed by atoms with van der Waals surface area (Å²) in [6.07, 6.45) is 1.93. The van der Waals surface area contributed by atoms with Crippen molar-refractivity contribution in [3.05, 3.63) is 64.0 Å².